The Morgan fingerprint density at radius 3 is 2.73 bits per heavy atom. The Bertz CT molecular complexity index is 412. The van der Waals surface area contributed by atoms with Crippen LogP contribution in [-0.4, -0.2) is 5.84 Å². The molecule has 0 unspecified atom stereocenters. The van der Waals surface area contributed by atoms with Gasteiger partial charge in [-0.25, -0.2) is 0 Å². The van der Waals surface area contributed by atoms with Gasteiger partial charge in [-0.05, 0) is 23.8 Å². The highest BCUT2D eigenvalue weighted by Gasteiger charge is 1.89. The van der Waals surface area contributed by atoms with Crippen LogP contribution in [0.1, 0.15) is 12.5 Å². The normalized spacial score (nSPS) is 11.4. The monoisotopic (exact) mass is 219 g/mol. The van der Waals surface area contributed by atoms with Crippen LogP contribution < -0.4 is 5.32 Å². The van der Waals surface area contributed by atoms with Crippen molar-refractivity contribution in [3.63, 3.8) is 0 Å². The average Bonchev–Trinajstić information content (AvgIpc) is 2.21. The maximum absolute atomic E-state index is 6.51. The molecule has 0 heterocycles. The van der Waals surface area contributed by atoms with E-state index in [0.717, 1.165) is 5.56 Å². The first-order valence-electron chi connectivity index (χ1n) is 4.32. The number of nitrogens with one attached hydrogen (secondary N) is 1. The van der Waals surface area contributed by atoms with Crippen molar-refractivity contribution in [1.29, 1.82) is 0 Å². The molecular formula is C11H10ClN3. The number of hydrogen-bond donors (Lipinski definition) is 1. The standard InChI is InChI=1S/C11H10ClN3/c1-9(15-13-2)14-8-7-10-3-5-11(12)6-4-10/h3-8H,1H3,(H,14,15)/b8-7+. The molecule has 0 spiro atoms. The Kier molecular flexibility index (Phi) is 4.39. The fourth-order valence-electron chi connectivity index (χ4n) is 0.936. The largest absolute Gasteiger partial charge is 0.345 e. The second kappa shape index (κ2) is 5.84. The molecule has 0 atom stereocenters. The Balaban J connectivity index is 2.56. The summed E-state index contributed by atoms with van der Waals surface area (Å²) in [5.74, 6) is 0.565. The van der Waals surface area contributed by atoms with Crippen molar-refractivity contribution < 1.29 is 0 Å². The topological polar surface area (TPSA) is 28.8 Å². The van der Waals surface area contributed by atoms with E-state index in [0.29, 0.717) is 10.9 Å². The minimum atomic E-state index is 0.565. The third kappa shape index (κ3) is 4.30. The molecule has 4 heteroatoms. The van der Waals surface area contributed by atoms with Gasteiger partial charge in [0.1, 0.15) is 5.10 Å². The molecule has 0 aromatic heterocycles. The van der Waals surface area contributed by atoms with Crippen molar-refractivity contribution in [2.75, 3.05) is 0 Å². The molecule has 0 saturated heterocycles. The molecule has 76 valence electrons. The lowest BCUT2D eigenvalue weighted by molar-refractivity contribution is 1.24. The van der Waals surface area contributed by atoms with Gasteiger partial charge in [-0.1, -0.05) is 23.7 Å². The fourth-order valence-corrected chi connectivity index (χ4v) is 1.06. The smallest absolute Gasteiger partial charge is 0.186 e. The molecular weight excluding hydrogens is 210 g/mol. The second-order valence-corrected chi connectivity index (χ2v) is 3.25. The van der Waals surface area contributed by atoms with Crippen molar-refractivity contribution in [3.8, 4) is 0 Å². The van der Waals surface area contributed by atoms with Crippen LogP contribution in [0.5, 0.6) is 0 Å². The van der Waals surface area contributed by atoms with E-state index in [1.165, 1.54) is 0 Å². The number of nitrogens with zero attached hydrogens (tertiary/aromatic N) is 2. The van der Waals surface area contributed by atoms with Crippen LogP contribution >= 0.6 is 11.6 Å². The summed E-state index contributed by atoms with van der Waals surface area (Å²) in [5, 5.41) is 7.08. The summed E-state index contributed by atoms with van der Waals surface area (Å²) in [6.07, 6.45) is 3.60. The van der Waals surface area contributed by atoms with Gasteiger partial charge in [-0.3, -0.25) is 0 Å². The molecule has 0 bridgehead atoms. The predicted molar refractivity (Wildman–Crippen MR) is 63.3 cm³/mol. The quantitative estimate of drug-likeness (QED) is 0.352. The van der Waals surface area contributed by atoms with Crippen LogP contribution in [0.2, 0.25) is 5.02 Å². The Labute approximate surface area is 93.9 Å². The number of amidine groups is 1. The van der Waals surface area contributed by atoms with Crippen LogP contribution in [-0.2, 0) is 0 Å². The zero-order chi connectivity index (χ0) is 11.1. The van der Waals surface area contributed by atoms with E-state index in [9.17, 15) is 0 Å². The van der Waals surface area contributed by atoms with Crippen molar-refractivity contribution >= 4 is 23.5 Å². The summed E-state index contributed by atoms with van der Waals surface area (Å²) in [6, 6.07) is 7.45. The van der Waals surface area contributed by atoms with Gasteiger partial charge in [0.2, 0.25) is 0 Å². The molecule has 1 rings (SSSR count). The first-order valence-corrected chi connectivity index (χ1v) is 4.70. The first kappa shape index (κ1) is 11.3. The maximum atomic E-state index is 6.51. The highest BCUT2D eigenvalue weighted by Crippen LogP contribution is 2.10. The van der Waals surface area contributed by atoms with Crippen LogP contribution in [0, 0.1) is 6.57 Å². The maximum Gasteiger partial charge on any atom is 0.186 e. The lowest BCUT2D eigenvalue weighted by atomic mass is 10.2. The summed E-state index contributed by atoms with van der Waals surface area (Å²) in [7, 11) is 0. The number of hydrogen-bond acceptors (Lipinski definition) is 1. The van der Waals surface area contributed by atoms with Gasteiger partial charge in [-0.15, -0.1) is 4.95 Å². The first-order chi connectivity index (χ1) is 7.22. The van der Waals surface area contributed by atoms with E-state index in [1.807, 2.05) is 30.3 Å². The summed E-state index contributed by atoms with van der Waals surface area (Å²) in [6.45, 7) is 8.24. The van der Waals surface area contributed by atoms with E-state index in [4.69, 9.17) is 18.2 Å². The van der Waals surface area contributed by atoms with Crippen LogP contribution in [0.15, 0.2) is 35.6 Å². The van der Waals surface area contributed by atoms with Crippen molar-refractivity contribution in [3.05, 3.63) is 52.6 Å². The molecule has 0 amide bonds. The molecule has 0 aliphatic rings. The number of rotatable bonds is 2. The summed E-state index contributed by atoms with van der Waals surface area (Å²) >= 11 is 5.75. The van der Waals surface area contributed by atoms with Gasteiger partial charge in [0.25, 0.3) is 0 Å². The lowest BCUT2D eigenvalue weighted by Gasteiger charge is -1.94. The summed E-state index contributed by atoms with van der Waals surface area (Å²) in [5.41, 5.74) is 1.03. The number of halogens is 1. The third-order valence-electron chi connectivity index (χ3n) is 1.64. The predicted octanol–water partition coefficient (Wildman–Crippen LogP) is 3.15. The Morgan fingerprint density at radius 1 is 1.47 bits per heavy atom. The Morgan fingerprint density at radius 2 is 2.13 bits per heavy atom. The third-order valence-corrected chi connectivity index (χ3v) is 1.89. The van der Waals surface area contributed by atoms with Crippen molar-refractivity contribution in [2.45, 2.75) is 6.92 Å². The van der Waals surface area contributed by atoms with Crippen LogP contribution in [0.3, 0.4) is 0 Å². The van der Waals surface area contributed by atoms with Gasteiger partial charge in [0.15, 0.2) is 5.84 Å². The van der Waals surface area contributed by atoms with Gasteiger partial charge in [0, 0.05) is 18.1 Å². The highest BCUT2D eigenvalue weighted by atomic mass is 35.5. The summed E-state index contributed by atoms with van der Waals surface area (Å²) < 4.78 is 0. The minimum Gasteiger partial charge on any atom is -0.345 e. The minimum absolute atomic E-state index is 0.565. The van der Waals surface area contributed by atoms with E-state index in [1.54, 1.807) is 13.1 Å². The molecule has 0 aliphatic heterocycles. The van der Waals surface area contributed by atoms with E-state index in [2.05, 4.69) is 15.4 Å². The molecule has 15 heavy (non-hydrogen) atoms. The van der Waals surface area contributed by atoms with Gasteiger partial charge >= 0.3 is 0 Å². The van der Waals surface area contributed by atoms with E-state index < -0.39 is 0 Å². The SMILES string of the molecule is [C-]#[N+]N=C(C)N/C=C/c1ccc(Cl)cc1. The zero-order valence-corrected chi connectivity index (χ0v) is 8.99. The molecule has 0 radical (unpaired) electrons. The van der Waals surface area contributed by atoms with E-state index in [-0.39, 0.29) is 0 Å². The van der Waals surface area contributed by atoms with Crippen LogP contribution in [0.4, 0.5) is 0 Å². The molecule has 0 saturated carbocycles. The molecule has 1 aromatic carbocycles. The summed E-state index contributed by atoms with van der Waals surface area (Å²) in [4.78, 5) is 2.90. The Hall–Kier alpha value is -1.79. The van der Waals surface area contributed by atoms with Crippen molar-refractivity contribution in [1.82, 2.24) is 5.32 Å². The van der Waals surface area contributed by atoms with Gasteiger partial charge in [-0.2, -0.15) is 6.57 Å². The zero-order valence-electron chi connectivity index (χ0n) is 8.24. The second-order valence-electron chi connectivity index (χ2n) is 2.81. The average molecular weight is 220 g/mol. The van der Waals surface area contributed by atoms with E-state index >= 15 is 0 Å². The highest BCUT2D eigenvalue weighted by molar-refractivity contribution is 6.30. The number of benzene rings is 1. The molecule has 1 aromatic rings. The van der Waals surface area contributed by atoms with Crippen molar-refractivity contribution in [2.24, 2.45) is 5.10 Å². The van der Waals surface area contributed by atoms with Crippen LogP contribution in [0.25, 0.3) is 11.0 Å². The van der Waals surface area contributed by atoms with Gasteiger partial charge in [0.05, 0.1) is 0 Å². The molecule has 0 aliphatic carbocycles. The fraction of sp³-hybridized carbons (Fsp3) is 0.0909. The van der Waals surface area contributed by atoms with Gasteiger partial charge < -0.3 is 5.32 Å². The lowest BCUT2D eigenvalue weighted by Crippen LogP contribution is -2.11. The molecule has 3 nitrogen and oxygen atoms in total. The molecule has 0 fully saturated rings. The molecule has 1 N–H and O–H groups in total.